The monoisotopic (exact) mass is 365 g/mol. The fraction of sp³-hybridized carbons (Fsp3) is 0.533. The second kappa shape index (κ2) is 6.75. The minimum absolute atomic E-state index is 0.480. The molecular formula is C15H20BrN5O. The van der Waals surface area contributed by atoms with Gasteiger partial charge in [-0.25, -0.2) is 9.97 Å². The van der Waals surface area contributed by atoms with Crippen molar-refractivity contribution in [1.29, 1.82) is 0 Å². The molecule has 1 aliphatic rings. The predicted molar refractivity (Wildman–Crippen MR) is 87.7 cm³/mol. The number of hydrogen-bond acceptors (Lipinski definition) is 6. The van der Waals surface area contributed by atoms with Crippen molar-refractivity contribution in [3.8, 4) is 0 Å². The Bertz CT molecular complexity index is 607. The van der Waals surface area contributed by atoms with E-state index in [-0.39, 0.29) is 0 Å². The van der Waals surface area contributed by atoms with E-state index in [4.69, 9.17) is 4.52 Å². The van der Waals surface area contributed by atoms with Crippen LogP contribution in [0.5, 0.6) is 0 Å². The largest absolute Gasteiger partial charge is 0.360 e. The molecule has 22 heavy (non-hydrogen) atoms. The number of anilines is 1. The summed E-state index contributed by atoms with van der Waals surface area (Å²) in [5, 5.41) is 3.94. The second-order valence-electron chi connectivity index (χ2n) is 5.75. The van der Waals surface area contributed by atoms with Crippen LogP contribution in [0.4, 0.5) is 5.95 Å². The summed E-state index contributed by atoms with van der Waals surface area (Å²) in [4.78, 5) is 13.3. The van der Waals surface area contributed by atoms with Crippen LogP contribution in [0.25, 0.3) is 0 Å². The Hall–Kier alpha value is -1.47. The highest BCUT2D eigenvalue weighted by Gasteiger charge is 2.24. The fourth-order valence-electron chi connectivity index (χ4n) is 2.83. The van der Waals surface area contributed by atoms with Crippen LogP contribution in [0.15, 0.2) is 27.5 Å². The molecule has 0 spiro atoms. The van der Waals surface area contributed by atoms with E-state index in [1.54, 1.807) is 12.4 Å². The van der Waals surface area contributed by atoms with Crippen molar-refractivity contribution >= 4 is 21.9 Å². The molecule has 0 aromatic carbocycles. The van der Waals surface area contributed by atoms with Gasteiger partial charge >= 0.3 is 0 Å². The van der Waals surface area contributed by atoms with Crippen LogP contribution in [0.1, 0.15) is 24.3 Å². The minimum Gasteiger partial charge on any atom is -0.360 e. The van der Waals surface area contributed by atoms with Crippen LogP contribution in [-0.2, 0) is 6.54 Å². The van der Waals surface area contributed by atoms with E-state index in [0.717, 1.165) is 54.4 Å². The molecule has 0 bridgehead atoms. The quantitative estimate of drug-likeness (QED) is 0.829. The first-order chi connectivity index (χ1) is 10.6. The van der Waals surface area contributed by atoms with E-state index >= 15 is 0 Å². The molecule has 0 atom stereocenters. The van der Waals surface area contributed by atoms with Gasteiger partial charge in [-0.05, 0) is 35.7 Å². The molecule has 0 radical (unpaired) electrons. The number of piperidine rings is 1. The lowest BCUT2D eigenvalue weighted by Crippen LogP contribution is -2.43. The number of rotatable bonds is 4. The topological polar surface area (TPSA) is 58.3 Å². The maximum absolute atomic E-state index is 5.30. The molecule has 2 aromatic rings. The van der Waals surface area contributed by atoms with Crippen LogP contribution in [0.3, 0.4) is 0 Å². The summed E-state index contributed by atoms with van der Waals surface area (Å²) in [6.45, 7) is 4.88. The fourth-order valence-corrected chi connectivity index (χ4v) is 3.03. The smallest absolute Gasteiger partial charge is 0.225 e. The van der Waals surface area contributed by atoms with Crippen LogP contribution in [-0.4, -0.2) is 46.2 Å². The van der Waals surface area contributed by atoms with Gasteiger partial charge in [0.15, 0.2) is 5.76 Å². The summed E-state index contributed by atoms with van der Waals surface area (Å²) >= 11 is 3.37. The minimum atomic E-state index is 0.480. The Kier molecular flexibility index (Phi) is 4.73. The highest BCUT2D eigenvalue weighted by atomic mass is 79.9. The van der Waals surface area contributed by atoms with Gasteiger partial charge in [0.05, 0.1) is 16.7 Å². The van der Waals surface area contributed by atoms with Crippen LogP contribution in [0.2, 0.25) is 0 Å². The third-order valence-electron chi connectivity index (χ3n) is 4.08. The van der Waals surface area contributed by atoms with Gasteiger partial charge < -0.3 is 9.42 Å². The predicted octanol–water partition coefficient (Wildman–Crippen LogP) is 2.64. The van der Waals surface area contributed by atoms with Gasteiger partial charge in [0.1, 0.15) is 0 Å². The van der Waals surface area contributed by atoms with Gasteiger partial charge in [0.25, 0.3) is 0 Å². The molecule has 1 fully saturated rings. The summed E-state index contributed by atoms with van der Waals surface area (Å²) in [7, 11) is 2.07. The third kappa shape index (κ3) is 3.64. The van der Waals surface area contributed by atoms with E-state index in [2.05, 4.69) is 47.9 Å². The first kappa shape index (κ1) is 15.4. The standard InChI is InChI=1S/C15H20BrN5O/c1-11-7-14(22-19-11)10-21-5-3-13(4-6-21)20(2)15-17-8-12(16)9-18-15/h7-9,13H,3-6,10H2,1-2H3. The van der Waals surface area contributed by atoms with E-state index in [9.17, 15) is 0 Å². The maximum atomic E-state index is 5.30. The van der Waals surface area contributed by atoms with Crippen molar-refractivity contribution in [3.05, 3.63) is 34.4 Å². The van der Waals surface area contributed by atoms with Crippen molar-refractivity contribution in [2.24, 2.45) is 0 Å². The lowest BCUT2D eigenvalue weighted by atomic mass is 10.0. The lowest BCUT2D eigenvalue weighted by molar-refractivity contribution is 0.183. The molecule has 0 amide bonds. The van der Waals surface area contributed by atoms with Gasteiger partial charge in [-0.15, -0.1) is 0 Å². The summed E-state index contributed by atoms with van der Waals surface area (Å²) in [6.07, 6.45) is 5.78. The molecule has 1 aliphatic heterocycles. The van der Waals surface area contributed by atoms with Gasteiger partial charge in [0.2, 0.25) is 5.95 Å². The van der Waals surface area contributed by atoms with E-state index < -0.39 is 0 Å². The zero-order valence-corrected chi connectivity index (χ0v) is 14.5. The number of halogens is 1. The summed E-state index contributed by atoms with van der Waals surface area (Å²) in [6, 6.07) is 2.49. The first-order valence-electron chi connectivity index (χ1n) is 7.47. The van der Waals surface area contributed by atoms with Crippen molar-refractivity contribution in [2.75, 3.05) is 25.0 Å². The molecule has 2 aromatic heterocycles. The van der Waals surface area contributed by atoms with E-state index in [0.29, 0.717) is 6.04 Å². The molecule has 3 rings (SSSR count). The number of nitrogens with zero attached hydrogens (tertiary/aromatic N) is 5. The zero-order valence-electron chi connectivity index (χ0n) is 12.9. The van der Waals surface area contributed by atoms with Crippen molar-refractivity contribution < 1.29 is 4.52 Å². The summed E-state index contributed by atoms with van der Waals surface area (Å²) < 4.78 is 6.20. The molecule has 6 nitrogen and oxygen atoms in total. The molecule has 1 saturated heterocycles. The Balaban J connectivity index is 1.53. The van der Waals surface area contributed by atoms with Crippen LogP contribution < -0.4 is 4.90 Å². The first-order valence-corrected chi connectivity index (χ1v) is 8.26. The van der Waals surface area contributed by atoms with E-state index in [1.807, 2.05) is 13.0 Å². The lowest BCUT2D eigenvalue weighted by Gasteiger charge is -2.36. The Morgan fingerprint density at radius 1 is 1.32 bits per heavy atom. The Morgan fingerprint density at radius 3 is 2.59 bits per heavy atom. The average molecular weight is 366 g/mol. The van der Waals surface area contributed by atoms with Crippen LogP contribution >= 0.6 is 15.9 Å². The molecule has 0 aliphatic carbocycles. The summed E-state index contributed by atoms with van der Waals surface area (Å²) in [5.41, 5.74) is 0.942. The van der Waals surface area contributed by atoms with Gasteiger partial charge in [0, 0.05) is 44.6 Å². The highest BCUT2D eigenvalue weighted by molar-refractivity contribution is 9.10. The maximum Gasteiger partial charge on any atom is 0.225 e. The second-order valence-corrected chi connectivity index (χ2v) is 6.67. The summed E-state index contributed by atoms with van der Waals surface area (Å²) in [5.74, 6) is 1.73. The molecule has 7 heteroatoms. The molecule has 0 saturated carbocycles. The van der Waals surface area contributed by atoms with Gasteiger partial charge in [-0.1, -0.05) is 5.16 Å². The van der Waals surface area contributed by atoms with Crippen molar-refractivity contribution in [3.63, 3.8) is 0 Å². The molecular weight excluding hydrogens is 346 g/mol. The number of aryl methyl sites for hydroxylation is 1. The third-order valence-corrected chi connectivity index (χ3v) is 4.49. The average Bonchev–Trinajstić information content (AvgIpc) is 2.93. The van der Waals surface area contributed by atoms with Crippen molar-refractivity contribution in [1.82, 2.24) is 20.0 Å². The number of likely N-dealkylation sites (tertiary alicyclic amines) is 1. The Morgan fingerprint density at radius 2 is 2.00 bits per heavy atom. The van der Waals surface area contributed by atoms with Gasteiger partial charge in [-0.2, -0.15) is 0 Å². The molecule has 118 valence electrons. The van der Waals surface area contributed by atoms with Crippen molar-refractivity contribution in [2.45, 2.75) is 32.4 Å². The zero-order chi connectivity index (χ0) is 15.5. The van der Waals surface area contributed by atoms with Crippen LogP contribution in [0, 0.1) is 6.92 Å². The molecule has 0 unspecified atom stereocenters. The normalized spacial score (nSPS) is 16.9. The number of aromatic nitrogens is 3. The van der Waals surface area contributed by atoms with E-state index in [1.165, 1.54) is 0 Å². The molecule has 3 heterocycles. The highest BCUT2D eigenvalue weighted by Crippen LogP contribution is 2.21. The van der Waals surface area contributed by atoms with Gasteiger partial charge in [-0.3, -0.25) is 4.90 Å². The number of hydrogen-bond donors (Lipinski definition) is 0. The molecule has 0 N–H and O–H groups in total. The SMILES string of the molecule is Cc1cc(CN2CCC(N(C)c3ncc(Br)cn3)CC2)on1. The Labute approximate surface area is 138 Å².